The molecular weight excluding hydrogens is 252 g/mol. The molecule has 0 atom stereocenters. The smallest absolute Gasteiger partial charge is 0.188 e. The van der Waals surface area contributed by atoms with E-state index in [-0.39, 0.29) is 5.84 Å². The molecule has 0 aliphatic rings. The summed E-state index contributed by atoms with van der Waals surface area (Å²) in [5.74, 6) is 0.0192. The summed E-state index contributed by atoms with van der Waals surface area (Å²) in [6, 6.07) is 12.0. The average molecular weight is 270 g/mol. The maximum atomic E-state index is 8.64. The minimum Gasteiger partial charge on any atom is -0.409 e. The summed E-state index contributed by atoms with van der Waals surface area (Å²) in [6.45, 7) is 3.59. The SMILES string of the molecule is Cc1ccccc1CNCc1ccnc(C(N)=NO)c1. The number of oxime groups is 1. The molecule has 104 valence electrons. The van der Waals surface area contributed by atoms with Crippen LogP contribution < -0.4 is 11.1 Å². The van der Waals surface area contributed by atoms with Crippen LogP contribution in [0.25, 0.3) is 0 Å². The molecule has 0 aliphatic carbocycles. The highest BCUT2D eigenvalue weighted by Gasteiger charge is 2.02. The molecule has 1 heterocycles. The van der Waals surface area contributed by atoms with Gasteiger partial charge in [0, 0.05) is 19.3 Å². The molecule has 20 heavy (non-hydrogen) atoms. The van der Waals surface area contributed by atoms with E-state index in [2.05, 4.69) is 34.5 Å². The van der Waals surface area contributed by atoms with Crippen LogP contribution >= 0.6 is 0 Å². The molecule has 1 aromatic heterocycles. The fraction of sp³-hybridized carbons (Fsp3) is 0.200. The van der Waals surface area contributed by atoms with Crippen LogP contribution in [-0.4, -0.2) is 16.0 Å². The van der Waals surface area contributed by atoms with Crippen LogP contribution in [0, 0.1) is 6.92 Å². The Morgan fingerprint density at radius 1 is 1.30 bits per heavy atom. The van der Waals surface area contributed by atoms with E-state index >= 15 is 0 Å². The molecule has 0 spiro atoms. The molecule has 5 heteroatoms. The van der Waals surface area contributed by atoms with E-state index in [1.807, 2.05) is 18.2 Å². The Kier molecular flexibility index (Phi) is 4.68. The summed E-state index contributed by atoms with van der Waals surface area (Å²) in [5.41, 5.74) is 9.58. The van der Waals surface area contributed by atoms with E-state index in [0.29, 0.717) is 12.2 Å². The van der Waals surface area contributed by atoms with Crippen molar-refractivity contribution in [1.82, 2.24) is 10.3 Å². The van der Waals surface area contributed by atoms with Gasteiger partial charge in [-0.1, -0.05) is 29.4 Å². The van der Waals surface area contributed by atoms with Crippen LogP contribution in [0.5, 0.6) is 0 Å². The maximum Gasteiger partial charge on any atom is 0.188 e. The quantitative estimate of drug-likeness (QED) is 0.335. The van der Waals surface area contributed by atoms with Crippen LogP contribution in [0.4, 0.5) is 0 Å². The largest absolute Gasteiger partial charge is 0.409 e. The molecular formula is C15H18N4O. The van der Waals surface area contributed by atoms with E-state index < -0.39 is 0 Å². The molecule has 0 saturated heterocycles. The topological polar surface area (TPSA) is 83.5 Å². The van der Waals surface area contributed by atoms with Crippen molar-refractivity contribution < 1.29 is 5.21 Å². The molecule has 0 amide bonds. The van der Waals surface area contributed by atoms with Gasteiger partial charge in [-0.15, -0.1) is 0 Å². The first-order valence-electron chi connectivity index (χ1n) is 6.39. The van der Waals surface area contributed by atoms with Gasteiger partial charge in [-0.05, 0) is 35.7 Å². The van der Waals surface area contributed by atoms with Crippen molar-refractivity contribution >= 4 is 5.84 Å². The Morgan fingerprint density at radius 3 is 2.85 bits per heavy atom. The Labute approximate surface area is 118 Å². The van der Waals surface area contributed by atoms with Crippen LogP contribution in [-0.2, 0) is 13.1 Å². The predicted molar refractivity (Wildman–Crippen MR) is 78.5 cm³/mol. The van der Waals surface area contributed by atoms with E-state index in [0.717, 1.165) is 12.1 Å². The van der Waals surface area contributed by atoms with Gasteiger partial charge >= 0.3 is 0 Å². The first-order valence-corrected chi connectivity index (χ1v) is 6.39. The number of hydrogen-bond donors (Lipinski definition) is 3. The number of pyridine rings is 1. The van der Waals surface area contributed by atoms with Gasteiger partial charge in [-0.3, -0.25) is 4.98 Å². The fourth-order valence-corrected chi connectivity index (χ4v) is 1.93. The van der Waals surface area contributed by atoms with Gasteiger partial charge in [-0.25, -0.2) is 0 Å². The van der Waals surface area contributed by atoms with Gasteiger partial charge in [0.1, 0.15) is 5.69 Å². The lowest BCUT2D eigenvalue weighted by molar-refractivity contribution is 0.318. The summed E-state index contributed by atoms with van der Waals surface area (Å²) < 4.78 is 0. The number of aryl methyl sites for hydroxylation is 1. The van der Waals surface area contributed by atoms with Gasteiger partial charge in [0.25, 0.3) is 0 Å². The van der Waals surface area contributed by atoms with Crippen LogP contribution in [0.1, 0.15) is 22.4 Å². The average Bonchev–Trinajstić information content (AvgIpc) is 2.49. The van der Waals surface area contributed by atoms with Gasteiger partial charge in [0.15, 0.2) is 5.84 Å². The highest BCUT2D eigenvalue weighted by atomic mass is 16.4. The molecule has 1 aromatic carbocycles. The molecule has 4 N–H and O–H groups in total. The lowest BCUT2D eigenvalue weighted by atomic mass is 10.1. The number of aromatic nitrogens is 1. The van der Waals surface area contributed by atoms with Crippen LogP contribution in [0.3, 0.4) is 0 Å². The van der Waals surface area contributed by atoms with Gasteiger partial charge in [-0.2, -0.15) is 0 Å². The number of nitrogens with two attached hydrogens (primary N) is 1. The zero-order valence-corrected chi connectivity index (χ0v) is 11.4. The summed E-state index contributed by atoms with van der Waals surface area (Å²) in [6.07, 6.45) is 1.65. The summed E-state index contributed by atoms with van der Waals surface area (Å²) in [7, 11) is 0. The highest BCUT2D eigenvalue weighted by molar-refractivity contribution is 5.95. The Balaban J connectivity index is 1.96. The van der Waals surface area contributed by atoms with Crippen molar-refractivity contribution in [2.75, 3.05) is 0 Å². The van der Waals surface area contributed by atoms with Crippen molar-refractivity contribution in [2.45, 2.75) is 20.0 Å². The van der Waals surface area contributed by atoms with Crippen molar-refractivity contribution in [3.8, 4) is 0 Å². The summed E-state index contributed by atoms with van der Waals surface area (Å²) in [4.78, 5) is 4.05. The molecule has 2 aromatic rings. The number of nitrogens with one attached hydrogen (secondary N) is 1. The number of nitrogens with zero attached hydrogens (tertiary/aromatic N) is 2. The minimum atomic E-state index is 0.0192. The van der Waals surface area contributed by atoms with Crippen LogP contribution in [0.15, 0.2) is 47.8 Å². The zero-order chi connectivity index (χ0) is 14.4. The fourth-order valence-electron chi connectivity index (χ4n) is 1.93. The van der Waals surface area contributed by atoms with E-state index in [9.17, 15) is 0 Å². The molecule has 0 aliphatic heterocycles. The van der Waals surface area contributed by atoms with Crippen LogP contribution in [0.2, 0.25) is 0 Å². The highest BCUT2D eigenvalue weighted by Crippen LogP contribution is 2.07. The molecule has 5 nitrogen and oxygen atoms in total. The molecule has 0 bridgehead atoms. The number of benzene rings is 1. The normalized spacial score (nSPS) is 11.6. The van der Waals surface area contributed by atoms with Gasteiger partial charge < -0.3 is 16.3 Å². The van der Waals surface area contributed by atoms with Gasteiger partial charge in [0.2, 0.25) is 0 Å². The molecule has 0 unspecified atom stereocenters. The molecule has 0 fully saturated rings. The number of amidine groups is 1. The molecule has 0 saturated carbocycles. The van der Waals surface area contributed by atoms with Crippen molar-refractivity contribution in [2.24, 2.45) is 10.9 Å². The third kappa shape index (κ3) is 3.55. The molecule has 2 rings (SSSR count). The monoisotopic (exact) mass is 270 g/mol. The first-order chi connectivity index (χ1) is 9.70. The first kappa shape index (κ1) is 14.0. The lowest BCUT2D eigenvalue weighted by Gasteiger charge is -2.08. The summed E-state index contributed by atoms with van der Waals surface area (Å²) in [5, 5.41) is 15.0. The second-order valence-corrected chi connectivity index (χ2v) is 4.56. The lowest BCUT2D eigenvalue weighted by Crippen LogP contribution is -2.17. The summed E-state index contributed by atoms with van der Waals surface area (Å²) >= 11 is 0. The maximum absolute atomic E-state index is 8.64. The minimum absolute atomic E-state index is 0.0192. The third-order valence-corrected chi connectivity index (χ3v) is 3.10. The van der Waals surface area contributed by atoms with E-state index in [4.69, 9.17) is 10.9 Å². The Morgan fingerprint density at radius 2 is 2.10 bits per heavy atom. The van der Waals surface area contributed by atoms with Crippen molar-refractivity contribution in [3.63, 3.8) is 0 Å². The second-order valence-electron chi connectivity index (χ2n) is 4.56. The van der Waals surface area contributed by atoms with Gasteiger partial charge in [0.05, 0.1) is 0 Å². The second kappa shape index (κ2) is 6.68. The predicted octanol–water partition coefficient (Wildman–Crippen LogP) is 1.77. The van der Waals surface area contributed by atoms with E-state index in [1.165, 1.54) is 11.1 Å². The third-order valence-electron chi connectivity index (χ3n) is 3.10. The van der Waals surface area contributed by atoms with Crippen molar-refractivity contribution in [1.29, 1.82) is 0 Å². The Hall–Kier alpha value is -2.40. The van der Waals surface area contributed by atoms with Crippen molar-refractivity contribution in [3.05, 3.63) is 65.0 Å². The number of hydrogen-bond acceptors (Lipinski definition) is 4. The zero-order valence-electron chi connectivity index (χ0n) is 11.4. The van der Waals surface area contributed by atoms with E-state index in [1.54, 1.807) is 12.3 Å². The Bertz CT molecular complexity index is 610. The molecule has 0 radical (unpaired) electrons. The number of rotatable bonds is 5. The standard InChI is InChI=1S/C15H18N4O/c1-11-4-2-3-5-13(11)10-17-9-12-6-7-18-14(8-12)15(16)19-20/h2-8,17,20H,9-10H2,1H3,(H2,16,19).